The predicted molar refractivity (Wildman–Crippen MR) is 142 cm³/mol. The summed E-state index contributed by atoms with van der Waals surface area (Å²) < 4.78 is 75.8. The summed E-state index contributed by atoms with van der Waals surface area (Å²) in [7, 11) is 1.81. The van der Waals surface area contributed by atoms with Gasteiger partial charge in [0, 0.05) is 32.0 Å². The van der Waals surface area contributed by atoms with Gasteiger partial charge in [-0.3, -0.25) is 13.9 Å². The quantitative estimate of drug-likeness (QED) is 0.265. The highest BCUT2D eigenvalue weighted by Gasteiger charge is 2.42. The second kappa shape index (κ2) is 10.1. The van der Waals surface area contributed by atoms with Crippen LogP contribution in [0.4, 0.5) is 22.0 Å². The molecule has 1 aromatic carbocycles. The molecule has 41 heavy (non-hydrogen) atoms. The number of aromatic nitrogens is 2. The molecule has 2 aromatic heterocycles. The molecule has 3 aliphatic rings. The Morgan fingerprint density at radius 2 is 1.85 bits per heavy atom. The van der Waals surface area contributed by atoms with Crippen LogP contribution in [0.3, 0.4) is 0 Å². The van der Waals surface area contributed by atoms with Crippen molar-refractivity contribution in [2.75, 3.05) is 20.1 Å². The highest BCUT2D eigenvalue weighted by atomic mass is 19.4. The lowest BCUT2D eigenvalue weighted by atomic mass is 9.71. The van der Waals surface area contributed by atoms with E-state index in [-0.39, 0.29) is 42.4 Å². The summed E-state index contributed by atoms with van der Waals surface area (Å²) in [5.41, 5.74) is -2.30. The van der Waals surface area contributed by atoms with Crippen molar-refractivity contribution >= 4 is 11.9 Å². The lowest BCUT2D eigenvalue weighted by Crippen LogP contribution is -2.39. The minimum Gasteiger partial charge on any atom is -0.299 e. The molecule has 0 N–H and O–H groups in total. The Morgan fingerprint density at radius 1 is 1.12 bits per heavy atom. The number of hydrogen-bond donors (Lipinski definition) is 0. The van der Waals surface area contributed by atoms with E-state index in [1.165, 1.54) is 19.2 Å². The van der Waals surface area contributed by atoms with E-state index in [1.54, 1.807) is 17.0 Å². The molecule has 3 aromatic rings. The molecule has 1 atom stereocenters. The van der Waals surface area contributed by atoms with Crippen molar-refractivity contribution < 1.29 is 26.5 Å². The van der Waals surface area contributed by atoms with Crippen LogP contribution in [0.5, 0.6) is 0 Å². The van der Waals surface area contributed by atoms with Gasteiger partial charge in [0.2, 0.25) is 0 Å². The van der Waals surface area contributed by atoms with Crippen LogP contribution in [0, 0.1) is 17.9 Å². The van der Waals surface area contributed by atoms with Crippen LogP contribution in [-0.4, -0.2) is 50.6 Å². The molecule has 0 amide bonds. The Kier molecular flexibility index (Phi) is 6.87. The molecule has 0 bridgehead atoms. The van der Waals surface area contributed by atoms with E-state index in [9.17, 15) is 22.4 Å². The molecule has 7 nitrogen and oxygen atoms in total. The first-order valence-corrected chi connectivity index (χ1v) is 13.8. The monoisotopic (exact) mass is 574 g/mol. The molecule has 2 fully saturated rings. The van der Waals surface area contributed by atoms with Crippen molar-refractivity contribution in [2.45, 2.75) is 63.3 Å². The molecular formula is C29H31F5N6O+. The maximum Gasteiger partial charge on any atom is 0.418 e. The maximum absolute atomic E-state index is 15.1. The number of hydrogen-bond acceptors (Lipinski definition) is 4. The van der Waals surface area contributed by atoms with Gasteiger partial charge in [-0.15, -0.1) is 0 Å². The summed E-state index contributed by atoms with van der Waals surface area (Å²) >= 11 is 0. The Bertz CT molecular complexity index is 1590. The third-order valence-electron chi connectivity index (χ3n) is 8.62. The predicted octanol–water partition coefficient (Wildman–Crippen LogP) is 6.08. The van der Waals surface area contributed by atoms with Crippen LogP contribution in [0.2, 0.25) is 0 Å². The number of likely N-dealkylation sites (N-methyl/N-ethyl adjacent to an activating group) is 1. The molecule has 217 valence electrons. The zero-order chi connectivity index (χ0) is 29.1. The topological polar surface area (TPSA) is 57.4 Å². The molecule has 6 rings (SSSR count). The first kappa shape index (κ1) is 27.7. The summed E-state index contributed by atoms with van der Waals surface area (Å²) in [6.07, 6.45) is 3.49. The van der Waals surface area contributed by atoms with E-state index < -0.39 is 28.9 Å². The van der Waals surface area contributed by atoms with Crippen molar-refractivity contribution in [1.82, 2.24) is 13.9 Å². The molecule has 1 saturated carbocycles. The number of alkyl halides is 4. The fourth-order valence-corrected chi connectivity index (χ4v) is 6.07. The van der Waals surface area contributed by atoms with Gasteiger partial charge in [0.25, 0.3) is 0 Å². The second-order valence-corrected chi connectivity index (χ2v) is 11.7. The zero-order valence-corrected chi connectivity index (χ0v) is 22.8. The first-order valence-electron chi connectivity index (χ1n) is 13.8. The number of azo groups is 1. The van der Waals surface area contributed by atoms with E-state index in [0.717, 1.165) is 46.6 Å². The fraction of sp³-hybridized carbons (Fsp3) is 0.483. The summed E-state index contributed by atoms with van der Waals surface area (Å²) in [5.74, 6) is -0.666. The van der Waals surface area contributed by atoms with Gasteiger partial charge in [0.15, 0.2) is 0 Å². The van der Waals surface area contributed by atoms with E-state index in [1.807, 2.05) is 11.9 Å². The van der Waals surface area contributed by atoms with Crippen molar-refractivity contribution in [1.29, 1.82) is 0 Å². The van der Waals surface area contributed by atoms with Gasteiger partial charge in [-0.2, -0.15) is 13.2 Å². The largest absolute Gasteiger partial charge is 0.418 e. The number of fused-ring (bicyclic) bond motifs is 1. The van der Waals surface area contributed by atoms with E-state index in [4.69, 9.17) is 0 Å². The molecule has 1 saturated heterocycles. The Morgan fingerprint density at radius 3 is 2.46 bits per heavy atom. The third-order valence-corrected chi connectivity index (χ3v) is 8.62. The molecule has 0 spiro atoms. The molecule has 4 heterocycles. The number of likely N-dealkylation sites (tertiary alicyclic amines) is 1. The minimum atomic E-state index is -4.73. The highest BCUT2D eigenvalue weighted by molar-refractivity contribution is 5.58. The summed E-state index contributed by atoms with van der Waals surface area (Å²) in [5, 5.41) is 8.23. The molecule has 1 radical (unpaired) electrons. The lowest BCUT2D eigenvalue weighted by molar-refractivity contribution is -0.480. The maximum atomic E-state index is 15.1. The molecular weight excluding hydrogens is 543 g/mol. The number of rotatable bonds is 6. The number of benzene rings is 1. The van der Waals surface area contributed by atoms with Crippen LogP contribution >= 0.6 is 0 Å². The highest BCUT2D eigenvalue weighted by Crippen LogP contribution is 2.46. The molecule has 1 aliphatic carbocycles. The van der Waals surface area contributed by atoms with Gasteiger partial charge in [0.1, 0.15) is 11.5 Å². The minimum absolute atomic E-state index is 0.133. The van der Waals surface area contributed by atoms with Gasteiger partial charge in [-0.25, -0.2) is 18.2 Å². The smallest absolute Gasteiger partial charge is 0.299 e. The Labute approximate surface area is 233 Å². The van der Waals surface area contributed by atoms with Gasteiger partial charge in [-0.1, -0.05) is 6.42 Å². The van der Waals surface area contributed by atoms with E-state index in [2.05, 4.69) is 10.2 Å². The number of halogens is 5. The van der Waals surface area contributed by atoms with Gasteiger partial charge in [0.05, 0.1) is 34.8 Å². The number of nitrogens with zero attached hydrogens (tertiary/aromatic N) is 6. The normalized spacial score (nSPS) is 20.9. The molecule has 0 unspecified atom stereocenters. The van der Waals surface area contributed by atoms with Crippen molar-refractivity contribution in [3.05, 3.63) is 75.8 Å². The summed E-state index contributed by atoms with van der Waals surface area (Å²) in [6.45, 7) is 2.49. The van der Waals surface area contributed by atoms with Crippen LogP contribution in [0.1, 0.15) is 61.6 Å². The number of piperidine rings is 1. The first-order chi connectivity index (χ1) is 19.4. The standard InChI is InChI=1S/C29H31F5N6O/c1-28(31)6-8-38(9-7-28)14-18-10-23(29(32,33)34)24-16-39(27(41)40(24)15-18)22-12-20(11-21(30)13-22)25(19-4-3-5-19)26-36-35-17-37(26)2/h10-13,15-17,19,25H,3-9,14H2,1-2H3/q+1/t25-/m0/s1. The van der Waals surface area contributed by atoms with Crippen LogP contribution in [-0.2, 0) is 12.7 Å². The average molecular weight is 575 g/mol. The summed E-state index contributed by atoms with van der Waals surface area (Å²) in [6, 6.07) is 5.23. The summed E-state index contributed by atoms with van der Waals surface area (Å²) in [4.78, 5) is 15.4. The molecule has 2 aliphatic heterocycles. The van der Waals surface area contributed by atoms with Gasteiger partial charge < -0.3 is 0 Å². The van der Waals surface area contributed by atoms with Crippen LogP contribution < -0.4 is 5.69 Å². The molecule has 12 heteroatoms. The van der Waals surface area contributed by atoms with Crippen molar-refractivity contribution in [2.24, 2.45) is 16.1 Å². The lowest BCUT2D eigenvalue weighted by Gasteiger charge is -2.34. The van der Waals surface area contributed by atoms with Crippen LogP contribution in [0.25, 0.3) is 11.2 Å². The Hall–Kier alpha value is -3.41. The SMILES string of the molecule is C[N+]1=CN=N[C]1[C@H](c1cc(F)cc(-n2cc3c(C(F)(F)F)cc(CN4CCC(C)(F)CC4)cn3c2=O)c1)C1CCC1. The van der Waals surface area contributed by atoms with E-state index in [0.29, 0.717) is 30.4 Å². The number of imidazole rings is 1. The second-order valence-electron chi connectivity index (χ2n) is 11.7. The van der Waals surface area contributed by atoms with Crippen molar-refractivity contribution in [3.63, 3.8) is 0 Å². The third kappa shape index (κ3) is 5.33. The fourth-order valence-electron chi connectivity index (χ4n) is 6.07. The number of pyridine rings is 1. The van der Waals surface area contributed by atoms with Gasteiger partial charge >= 0.3 is 24.4 Å². The van der Waals surface area contributed by atoms with Crippen LogP contribution in [0.15, 0.2) is 51.7 Å². The zero-order valence-electron chi connectivity index (χ0n) is 22.8. The Balaban J connectivity index is 1.41. The van der Waals surface area contributed by atoms with E-state index >= 15 is 4.39 Å². The van der Waals surface area contributed by atoms with Crippen molar-refractivity contribution in [3.8, 4) is 5.69 Å². The van der Waals surface area contributed by atoms with Gasteiger partial charge in [-0.05, 0) is 79.0 Å². The average Bonchev–Trinajstić information content (AvgIpc) is 3.44.